The topological polar surface area (TPSA) is 35.8 Å². The molecule has 1 N–H and O–H groups in total. The van der Waals surface area contributed by atoms with Crippen molar-refractivity contribution in [2.75, 3.05) is 17.6 Å². The summed E-state index contributed by atoms with van der Waals surface area (Å²) in [5, 5.41) is 12.5. The number of hydrogen-bond donors (Lipinski definition) is 1. The Labute approximate surface area is 118 Å². The Morgan fingerprint density at radius 1 is 1.11 bits per heavy atom. The van der Waals surface area contributed by atoms with Crippen LogP contribution in [0.5, 0.6) is 0 Å². The molecule has 0 aliphatic carbocycles. The van der Waals surface area contributed by atoms with Crippen molar-refractivity contribution in [3.8, 4) is 6.07 Å². The fourth-order valence-corrected chi connectivity index (χ4v) is 2.62. The molecular weight excluding hydrogens is 252 g/mol. The van der Waals surface area contributed by atoms with Crippen LogP contribution in [0.4, 0.5) is 5.69 Å². The van der Waals surface area contributed by atoms with Crippen LogP contribution in [0.15, 0.2) is 53.4 Å². The zero-order valence-electron chi connectivity index (χ0n) is 10.9. The monoisotopic (exact) mass is 268 g/mol. The molecule has 0 atom stereocenters. The molecule has 0 spiro atoms. The van der Waals surface area contributed by atoms with Gasteiger partial charge in [-0.3, -0.25) is 0 Å². The lowest BCUT2D eigenvalue weighted by Crippen LogP contribution is -2.06. The lowest BCUT2D eigenvalue weighted by molar-refractivity contribution is 1.21. The second-order valence-corrected chi connectivity index (χ2v) is 5.37. The van der Waals surface area contributed by atoms with Crippen LogP contribution >= 0.6 is 11.8 Å². The maximum atomic E-state index is 9.14. The van der Waals surface area contributed by atoms with E-state index >= 15 is 0 Å². The van der Waals surface area contributed by atoms with Crippen LogP contribution in [0.25, 0.3) is 0 Å². The summed E-state index contributed by atoms with van der Waals surface area (Å²) in [6, 6.07) is 18.5. The van der Waals surface area contributed by atoms with Gasteiger partial charge in [-0.25, -0.2) is 0 Å². The van der Waals surface area contributed by atoms with E-state index in [1.807, 2.05) is 55.1 Å². The van der Waals surface area contributed by atoms with Crippen molar-refractivity contribution in [3.63, 3.8) is 0 Å². The van der Waals surface area contributed by atoms with Crippen molar-refractivity contribution < 1.29 is 0 Å². The van der Waals surface area contributed by atoms with E-state index in [1.54, 1.807) is 0 Å². The third-order valence-corrected chi connectivity index (χ3v) is 3.83. The fraction of sp³-hybridized carbons (Fsp3) is 0.188. The fourth-order valence-electron chi connectivity index (χ4n) is 1.83. The van der Waals surface area contributed by atoms with Gasteiger partial charge in [-0.2, -0.15) is 5.26 Å². The molecule has 2 aromatic rings. The molecule has 0 unspecified atom stereocenters. The van der Waals surface area contributed by atoms with E-state index in [2.05, 4.69) is 23.5 Å². The highest BCUT2D eigenvalue weighted by atomic mass is 32.2. The van der Waals surface area contributed by atoms with Crippen molar-refractivity contribution in [1.82, 2.24) is 0 Å². The highest BCUT2D eigenvalue weighted by Gasteiger charge is 2.03. The van der Waals surface area contributed by atoms with Gasteiger partial charge in [0, 0.05) is 17.2 Å². The summed E-state index contributed by atoms with van der Waals surface area (Å²) in [6.07, 6.45) is 0. The Morgan fingerprint density at radius 3 is 2.63 bits per heavy atom. The van der Waals surface area contributed by atoms with Gasteiger partial charge in [0.1, 0.15) is 6.07 Å². The molecule has 0 radical (unpaired) electrons. The maximum Gasteiger partial charge on any atom is 0.102 e. The predicted octanol–water partition coefficient (Wildman–Crippen LogP) is 4.07. The number of nitrogens with zero attached hydrogens (tertiary/aromatic N) is 1. The number of nitrogens with one attached hydrogen (secondary N) is 1. The molecule has 0 fully saturated rings. The molecule has 3 heteroatoms. The smallest absolute Gasteiger partial charge is 0.102 e. The van der Waals surface area contributed by atoms with Crippen molar-refractivity contribution in [2.24, 2.45) is 0 Å². The van der Waals surface area contributed by atoms with E-state index < -0.39 is 0 Å². The third-order valence-electron chi connectivity index (χ3n) is 2.81. The molecule has 2 nitrogen and oxygen atoms in total. The van der Waals surface area contributed by atoms with Crippen LogP contribution in [-0.2, 0) is 0 Å². The van der Waals surface area contributed by atoms with Gasteiger partial charge in [-0.05, 0) is 30.7 Å². The van der Waals surface area contributed by atoms with E-state index in [0.717, 1.165) is 29.1 Å². The molecule has 0 amide bonds. The predicted molar refractivity (Wildman–Crippen MR) is 81.5 cm³/mol. The van der Waals surface area contributed by atoms with Gasteiger partial charge in [-0.15, -0.1) is 11.8 Å². The zero-order chi connectivity index (χ0) is 13.5. The molecule has 0 aliphatic rings. The van der Waals surface area contributed by atoms with E-state index in [9.17, 15) is 0 Å². The first-order valence-electron chi connectivity index (χ1n) is 6.22. The molecule has 2 aromatic carbocycles. The molecular formula is C16H16N2S. The second-order valence-electron chi connectivity index (χ2n) is 4.20. The average Bonchev–Trinajstić information content (AvgIpc) is 2.45. The Balaban J connectivity index is 1.87. The second kappa shape index (κ2) is 6.86. The van der Waals surface area contributed by atoms with E-state index in [4.69, 9.17) is 5.26 Å². The number of aryl methyl sites for hydroxylation is 1. The van der Waals surface area contributed by atoms with Crippen LogP contribution in [-0.4, -0.2) is 12.3 Å². The first-order chi connectivity index (χ1) is 9.31. The Morgan fingerprint density at radius 2 is 1.89 bits per heavy atom. The Bertz CT molecular complexity index is 573. The summed E-state index contributed by atoms with van der Waals surface area (Å²) in [6.45, 7) is 2.81. The van der Waals surface area contributed by atoms with E-state index in [-0.39, 0.29) is 0 Å². The normalized spacial score (nSPS) is 9.89. The summed E-state index contributed by atoms with van der Waals surface area (Å²) < 4.78 is 0. The largest absolute Gasteiger partial charge is 0.383 e. The zero-order valence-corrected chi connectivity index (χ0v) is 11.7. The minimum atomic E-state index is 0.743. The number of rotatable bonds is 5. The lowest BCUT2D eigenvalue weighted by atomic mass is 10.1. The highest BCUT2D eigenvalue weighted by Crippen LogP contribution is 2.20. The number of benzene rings is 2. The molecule has 19 heavy (non-hydrogen) atoms. The number of hydrogen-bond acceptors (Lipinski definition) is 3. The first kappa shape index (κ1) is 13.5. The van der Waals surface area contributed by atoms with Crippen molar-refractivity contribution >= 4 is 17.4 Å². The van der Waals surface area contributed by atoms with Crippen molar-refractivity contribution in [2.45, 2.75) is 11.8 Å². The summed E-state index contributed by atoms with van der Waals surface area (Å²) >= 11 is 1.81. The highest BCUT2D eigenvalue weighted by molar-refractivity contribution is 7.99. The van der Waals surface area contributed by atoms with Gasteiger partial charge in [0.05, 0.1) is 11.3 Å². The van der Waals surface area contributed by atoms with Crippen LogP contribution in [0, 0.1) is 18.3 Å². The van der Waals surface area contributed by atoms with Gasteiger partial charge in [-0.1, -0.05) is 30.3 Å². The minimum Gasteiger partial charge on any atom is -0.383 e. The molecule has 96 valence electrons. The van der Waals surface area contributed by atoms with Gasteiger partial charge in [0.15, 0.2) is 0 Å². The number of anilines is 1. The summed E-state index contributed by atoms with van der Waals surface area (Å²) in [5.41, 5.74) is 2.69. The lowest BCUT2D eigenvalue weighted by Gasteiger charge is -2.09. The van der Waals surface area contributed by atoms with Crippen molar-refractivity contribution in [3.05, 3.63) is 59.7 Å². The molecule has 0 saturated heterocycles. The average molecular weight is 268 g/mol. The standard InChI is InChI=1S/C16H16N2S/c1-13-6-5-9-16(15(13)12-17)18-10-11-19-14-7-3-2-4-8-14/h2-9,18H,10-11H2,1H3. The molecule has 2 rings (SSSR count). The number of nitriles is 1. The molecule has 0 heterocycles. The van der Waals surface area contributed by atoms with Gasteiger partial charge in [0.25, 0.3) is 0 Å². The number of thioether (sulfide) groups is 1. The van der Waals surface area contributed by atoms with Crippen molar-refractivity contribution in [1.29, 1.82) is 5.26 Å². The minimum absolute atomic E-state index is 0.743. The van der Waals surface area contributed by atoms with Gasteiger partial charge >= 0.3 is 0 Å². The first-order valence-corrected chi connectivity index (χ1v) is 7.21. The third kappa shape index (κ3) is 3.77. The van der Waals surface area contributed by atoms with Gasteiger partial charge in [0.2, 0.25) is 0 Å². The molecule has 0 saturated carbocycles. The van der Waals surface area contributed by atoms with Crippen LogP contribution in [0.3, 0.4) is 0 Å². The molecule has 0 aromatic heterocycles. The van der Waals surface area contributed by atoms with Gasteiger partial charge < -0.3 is 5.32 Å². The van der Waals surface area contributed by atoms with E-state index in [1.165, 1.54) is 4.90 Å². The van der Waals surface area contributed by atoms with Crippen LogP contribution in [0.2, 0.25) is 0 Å². The summed E-state index contributed by atoms with van der Waals surface area (Å²) in [4.78, 5) is 1.27. The molecule has 0 aliphatic heterocycles. The SMILES string of the molecule is Cc1cccc(NCCSc2ccccc2)c1C#N. The molecule has 0 bridgehead atoms. The Hall–Kier alpha value is -1.92. The van der Waals surface area contributed by atoms with E-state index in [0.29, 0.717) is 0 Å². The Kier molecular flexibility index (Phi) is 4.88. The summed E-state index contributed by atoms with van der Waals surface area (Å²) in [7, 11) is 0. The summed E-state index contributed by atoms with van der Waals surface area (Å²) in [5.74, 6) is 0.975. The van der Waals surface area contributed by atoms with Crippen LogP contribution in [0.1, 0.15) is 11.1 Å². The quantitative estimate of drug-likeness (QED) is 0.656. The van der Waals surface area contributed by atoms with Crippen LogP contribution < -0.4 is 5.32 Å². The maximum absolute atomic E-state index is 9.14.